The highest BCUT2D eigenvalue weighted by atomic mass is 19.1. The van der Waals surface area contributed by atoms with Crippen molar-refractivity contribution in [2.75, 3.05) is 4.90 Å². The van der Waals surface area contributed by atoms with Crippen molar-refractivity contribution < 1.29 is 23.5 Å². The fraction of sp³-hybridized carbons (Fsp3) is 0.158. The fourth-order valence-electron chi connectivity index (χ4n) is 2.95. The largest absolute Gasteiger partial charge is 0.503 e. The van der Waals surface area contributed by atoms with Gasteiger partial charge in [-0.25, -0.2) is 8.78 Å². The van der Waals surface area contributed by atoms with Crippen LogP contribution in [0.2, 0.25) is 0 Å². The van der Waals surface area contributed by atoms with Crippen molar-refractivity contribution >= 4 is 17.4 Å². The minimum Gasteiger partial charge on any atom is -0.503 e. The lowest BCUT2D eigenvalue weighted by molar-refractivity contribution is -0.118. The van der Waals surface area contributed by atoms with Gasteiger partial charge in [-0.2, -0.15) is 0 Å². The highest BCUT2D eigenvalue weighted by Gasteiger charge is 2.44. The molecule has 1 aliphatic rings. The van der Waals surface area contributed by atoms with Crippen LogP contribution in [0, 0.1) is 11.6 Å². The van der Waals surface area contributed by atoms with Crippen LogP contribution >= 0.6 is 0 Å². The average molecular weight is 343 g/mol. The minimum absolute atomic E-state index is 0.0650. The van der Waals surface area contributed by atoms with E-state index in [1.165, 1.54) is 0 Å². The lowest BCUT2D eigenvalue weighted by Crippen LogP contribution is -2.31. The van der Waals surface area contributed by atoms with Crippen molar-refractivity contribution in [1.82, 2.24) is 0 Å². The van der Waals surface area contributed by atoms with Gasteiger partial charge in [0, 0.05) is 12.5 Å². The van der Waals surface area contributed by atoms with Crippen LogP contribution in [0.4, 0.5) is 14.5 Å². The maximum absolute atomic E-state index is 14.3. The Kier molecular flexibility index (Phi) is 4.35. The molecule has 6 heteroatoms. The summed E-state index contributed by atoms with van der Waals surface area (Å²) < 4.78 is 27.9. The second-order valence-electron chi connectivity index (χ2n) is 5.62. The monoisotopic (exact) mass is 343 g/mol. The SMILES string of the molecule is CCC(=O)C1=C(O)C(=O)N(c2cc(F)ccc2F)C1c1ccccc1. The molecule has 3 rings (SSSR count). The van der Waals surface area contributed by atoms with Crippen molar-refractivity contribution in [3.8, 4) is 0 Å². The molecule has 0 saturated carbocycles. The van der Waals surface area contributed by atoms with Crippen LogP contribution in [-0.4, -0.2) is 16.8 Å². The Bertz CT molecular complexity index is 877. The number of amides is 1. The van der Waals surface area contributed by atoms with E-state index in [4.69, 9.17) is 0 Å². The second kappa shape index (κ2) is 6.47. The number of carbonyl (C=O) groups is 2. The molecule has 0 spiro atoms. The third-order valence-electron chi connectivity index (χ3n) is 4.11. The molecule has 128 valence electrons. The summed E-state index contributed by atoms with van der Waals surface area (Å²) >= 11 is 0. The molecular weight excluding hydrogens is 328 g/mol. The molecule has 0 radical (unpaired) electrons. The Labute approximate surface area is 143 Å². The van der Waals surface area contributed by atoms with Gasteiger partial charge >= 0.3 is 0 Å². The molecule has 1 aliphatic heterocycles. The molecule has 1 N–H and O–H groups in total. The van der Waals surface area contributed by atoms with E-state index in [1.807, 2.05) is 0 Å². The van der Waals surface area contributed by atoms with Crippen molar-refractivity contribution in [3.05, 3.63) is 77.1 Å². The number of hydrogen-bond donors (Lipinski definition) is 1. The first-order valence-corrected chi connectivity index (χ1v) is 7.75. The zero-order valence-corrected chi connectivity index (χ0v) is 13.4. The van der Waals surface area contributed by atoms with Gasteiger partial charge in [-0.05, 0) is 17.7 Å². The van der Waals surface area contributed by atoms with Crippen LogP contribution in [0.5, 0.6) is 0 Å². The number of Topliss-reactive ketones (excluding diaryl/α,β-unsaturated/α-hetero) is 1. The molecule has 0 saturated heterocycles. The molecule has 0 bridgehead atoms. The number of halogens is 2. The Morgan fingerprint density at radius 2 is 1.84 bits per heavy atom. The summed E-state index contributed by atoms with van der Waals surface area (Å²) in [6.45, 7) is 1.60. The summed E-state index contributed by atoms with van der Waals surface area (Å²) in [5, 5.41) is 10.2. The molecule has 0 aromatic heterocycles. The maximum atomic E-state index is 14.3. The highest BCUT2D eigenvalue weighted by Crippen LogP contribution is 2.42. The molecule has 0 aliphatic carbocycles. The Balaban J connectivity index is 2.22. The topological polar surface area (TPSA) is 57.6 Å². The van der Waals surface area contributed by atoms with Crippen molar-refractivity contribution in [2.45, 2.75) is 19.4 Å². The number of hydrogen-bond acceptors (Lipinski definition) is 3. The molecule has 1 amide bonds. The Morgan fingerprint density at radius 1 is 1.16 bits per heavy atom. The van der Waals surface area contributed by atoms with Gasteiger partial charge in [0.05, 0.1) is 17.3 Å². The highest BCUT2D eigenvalue weighted by molar-refractivity contribution is 6.16. The number of nitrogens with zero attached hydrogens (tertiary/aromatic N) is 1. The van der Waals surface area contributed by atoms with Gasteiger partial charge in [0.2, 0.25) is 0 Å². The molecule has 25 heavy (non-hydrogen) atoms. The quantitative estimate of drug-likeness (QED) is 0.917. The van der Waals surface area contributed by atoms with Crippen molar-refractivity contribution in [1.29, 1.82) is 0 Å². The number of carbonyl (C=O) groups excluding carboxylic acids is 2. The first-order valence-electron chi connectivity index (χ1n) is 7.75. The Morgan fingerprint density at radius 3 is 2.48 bits per heavy atom. The number of ketones is 1. The van der Waals surface area contributed by atoms with Gasteiger partial charge in [0.1, 0.15) is 11.6 Å². The number of benzene rings is 2. The van der Waals surface area contributed by atoms with Crippen LogP contribution in [0.25, 0.3) is 0 Å². The van der Waals surface area contributed by atoms with Gasteiger partial charge < -0.3 is 5.11 Å². The van der Waals surface area contributed by atoms with Gasteiger partial charge in [-0.1, -0.05) is 37.3 Å². The van der Waals surface area contributed by atoms with Crippen LogP contribution in [-0.2, 0) is 9.59 Å². The van der Waals surface area contributed by atoms with Crippen LogP contribution in [0.3, 0.4) is 0 Å². The fourth-order valence-corrected chi connectivity index (χ4v) is 2.95. The average Bonchev–Trinajstić information content (AvgIpc) is 2.88. The predicted molar refractivity (Wildman–Crippen MR) is 88.0 cm³/mol. The van der Waals surface area contributed by atoms with E-state index in [9.17, 15) is 23.5 Å². The van der Waals surface area contributed by atoms with E-state index in [1.54, 1.807) is 37.3 Å². The molecule has 2 aromatic carbocycles. The third-order valence-corrected chi connectivity index (χ3v) is 4.11. The van der Waals surface area contributed by atoms with Crippen molar-refractivity contribution in [3.63, 3.8) is 0 Å². The van der Waals surface area contributed by atoms with E-state index >= 15 is 0 Å². The first kappa shape index (κ1) is 16.8. The lowest BCUT2D eigenvalue weighted by Gasteiger charge is -2.27. The standard InChI is InChI=1S/C19H15F2NO3/c1-2-15(23)16-17(11-6-4-3-5-7-11)22(19(25)18(16)24)14-10-12(20)8-9-13(14)21/h3-10,17,24H,2H2,1H3. The van der Waals surface area contributed by atoms with Crippen LogP contribution in [0.1, 0.15) is 24.9 Å². The third kappa shape index (κ3) is 2.80. The normalized spacial score (nSPS) is 17.3. The van der Waals surface area contributed by atoms with Crippen molar-refractivity contribution in [2.24, 2.45) is 0 Å². The lowest BCUT2D eigenvalue weighted by atomic mass is 9.95. The first-order chi connectivity index (χ1) is 12.0. The van der Waals surface area contributed by atoms with E-state index in [0.29, 0.717) is 5.56 Å². The van der Waals surface area contributed by atoms with Gasteiger partial charge in [0.15, 0.2) is 11.5 Å². The van der Waals surface area contributed by atoms with Crippen LogP contribution in [0.15, 0.2) is 59.9 Å². The molecule has 0 fully saturated rings. The van der Waals surface area contributed by atoms with E-state index < -0.39 is 35.1 Å². The zero-order valence-electron chi connectivity index (χ0n) is 13.4. The zero-order chi connectivity index (χ0) is 18.1. The Hall–Kier alpha value is -3.02. The summed E-state index contributed by atoms with van der Waals surface area (Å²) in [5.74, 6) is -3.65. The van der Waals surface area contributed by atoms with Crippen LogP contribution < -0.4 is 4.90 Å². The summed E-state index contributed by atoms with van der Waals surface area (Å²) in [7, 11) is 0. The molecular formula is C19H15F2NO3. The number of aliphatic hydroxyl groups is 1. The summed E-state index contributed by atoms with van der Waals surface area (Å²) in [5.41, 5.74) is 0.0760. The van der Waals surface area contributed by atoms with Gasteiger partial charge in [-0.3, -0.25) is 14.5 Å². The summed E-state index contributed by atoms with van der Waals surface area (Å²) in [4.78, 5) is 25.8. The van der Waals surface area contributed by atoms with Gasteiger partial charge in [-0.15, -0.1) is 0 Å². The predicted octanol–water partition coefficient (Wildman–Crippen LogP) is 3.84. The molecule has 1 atom stereocenters. The smallest absolute Gasteiger partial charge is 0.294 e. The number of aliphatic hydroxyl groups excluding tert-OH is 1. The summed E-state index contributed by atoms with van der Waals surface area (Å²) in [6, 6.07) is 10.1. The van der Waals surface area contributed by atoms with E-state index in [0.717, 1.165) is 23.1 Å². The summed E-state index contributed by atoms with van der Waals surface area (Å²) in [6.07, 6.45) is 0.0650. The molecule has 1 heterocycles. The minimum atomic E-state index is -1.02. The molecule has 4 nitrogen and oxygen atoms in total. The van der Waals surface area contributed by atoms with E-state index in [-0.39, 0.29) is 17.7 Å². The molecule has 1 unspecified atom stereocenters. The van der Waals surface area contributed by atoms with Gasteiger partial charge in [0.25, 0.3) is 5.91 Å². The second-order valence-corrected chi connectivity index (χ2v) is 5.62. The van der Waals surface area contributed by atoms with E-state index in [2.05, 4.69) is 0 Å². The molecule has 2 aromatic rings. The maximum Gasteiger partial charge on any atom is 0.294 e. The number of rotatable bonds is 4. The number of anilines is 1.